The minimum Gasteiger partial charge on any atom is -0.376 e. The normalized spacial score (nSPS) is 16.0. The van der Waals surface area contributed by atoms with Gasteiger partial charge in [0.1, 0.15) is 23.9 Å². The van der Waals surface area contributed by atoms with Gasteiger partial charge in [-0.2, -0.15) is 0 Å². The number of amides is 2. The van der Waals surface area contributed by atoms with Gasteiger partial charge in [-0.15, -0.1) is 5.10 Å². The molecule has 9 heteroatoms. The summed E-state index contributed by atoms with van der Waals surface area (Å²) in [5.74, 6) is -1.41. The standard InChI is InChI=1S/C28H28FN5O3/c29-23-13-5-4-12-22(23)27(28(36)30-17-20-9-2-1-3-10-20)33(18-21-11-8-16-37-21)26(35)19-34-25-15-7-6-14-24(25)31-32-34/h1-7,9-10,12-15,21,27H,8,11,16-19H2,(H,30,36)/t21-,27+/m0/s1. The molecule has 0 radical (unpaired) electrons. The molecule has 190 valence electrons. The minimum atomic E-state index is -1.18. The molecule has 1 aliphatic rings. The lowest BCUT2D eigenvalue weighted by molar-refractivity contribution is -0.143. The Labute approximate surface area is 214 Å². The molecule has 1 saturated heterocycles. The molecule has 3 aromatic carbocycles. The third-order valence-electron chi connectivity index (χ3n) is 6.52. The van der Waals surface area contributed by atoms with E-state index in [1.54, 1.807) is 18.2 Å². The molecule has 0 saturated carbocycles. The Balaban J connectivity index is 1.48. The molecular weight excluding hydrogens is 473 g/mol. The van der Waals surface area contributed by atoms with Crippen molar-refractivity contribution in [3.05, 3.63) is 95.8 Å². The van der Waals surface area contributed by atoms with Crippen LogP contribution < -0.4 is 5.32 Å². The summed E-state index contributed by atoms with van der Waals surface area (Å²) in [4.78, 5) is 28.9. The molecule has 37 heavy (non-hydrogen) atoms. The third kappa shape index (κ3) is 5.67. The van der Waals surface area contributed by atoms with Crippen molar-refractivity contribution in [1.82, 2.24) is 25.2 Å². The molecule has 8 nitrogen and oxygen atoms in total. The van der Waals surface area contributed by atoms with E-state index in [9.17, 15) is 9.59 Å². The van der Waals surface area contributed by atoms with Crippen LogP contribution in [0, 0.1) is 5.82 Å². The first kappa shape index (κ1) is 24.6. The van der Waals surface area contributed by atoms with Crippen molar-refractivity contribution in [2.75, 3.05) is 13.2 Å². The van der Waals surface area contributed by atoms with Crippen molar-refractivity contribution in [2.24, 2.45) is 0 Å². The van der Waals surface area contributed by atoms with E-state index in [1.807, 2.05) is 54.6 Å². The topological polar surface area (TPSA) is 89.4 Å². The smallest absolute Gasteiger partial charge is 0.247 e. The number of hydrogen-bond donors (Lipinski definition) is 1. The zero-order valence-electron chi connectivity index (χ0n) is 20.3. The molecule has 0 bridgehead atoms. The van der Waals surface area contributed by atoms with Crippen LogP contribution in [-0.4, -0.2) is 51.0 Å². The fraction of sp³-hybridized carbons (Fsp3) is 0.286. The number of ether oxygens (including phenoxy) is 1. The Morgan fingerprint density at radius 1 is 1.05 bits per heavy atom. The second-order valence-corrected chi connectivity index (χ2v) is 9.04. The second-order valence-electron chi connectivity index (χ2n) is 9.04. The zero-order chi connectivity index (χ0) is 25.6. The minimum absolute atomic E-state index is 0.128. The largest absolute Gasteiger partial charge is 0.376 e. The van der Waals surface area contributed by atoms with Crippen molar-refractivity contribution < 1.29 is 18.7 Å². The number of carbonyl (C=O) groups is 2. The van der Waals surface area contributed by atoms with Crippen LogP contribution in [0.4, 0.5) is 4.39 Å². The predicted octanol–water partition coefficient (Wildman–Crippen LogP) is 3.64. The van der Waals surface area contributed by atoms with Gasteiger partial charge in [0.25, 0.3) is 0 Å². The molecule has 1 fully saturated rings. The van der Waals surface area contributed by atoms with Crippen LogP contribution in [0.3, 0.4) is 0 Å². The Hall–Kier alpha value is -4.11. The van der Waals surface area contributed by atoms with Crippen LogP contribution in [-0.2, 0) is 27.4 Å². The number of nitrogens with zero attached hydrogens (tertiary/aromatic N) is 4. The Morgan fingerprint density at radius 2 is 1.81 bits per heavy atom. The van der Waals surface area contributed by atoms with Gasteiger partial charge >= 0.3 is 0 Å². The fourth-order valence-corrected chi connectivity index (χ4v) is 4.64. The highest BCUT2D eigenvalue weighted by Gasteiger charge is 2.36. The monoisotopic (exact) mass is 501 g/mol. The first-order valence-electron chi connectivity index (χ1n) is 12.4. The van der Waals surface area contributed by atoms with Gasteiger partial charge in [0.2, 0.25) is 11.8 Å². The molecule has 0 spiro atoms. The van der Waals surface area contributed by atoms with Crippen molar-refractivity contribution in [3.63, 3.8) is 0 Å². The number of halogens is 1. The number of aromatic nitrogens is 3. The summed E-state index contributed by atoms with van der Waals surface area (Å²) < 4.78 is 22.4. The highest BCUT2D eigenvalue weighted by Crippen LogP contribution is 2.27. The average molecular weight is 502 g/mol. The summed E-state index contributed by atoms with van der Waals surface area (Å²) in [7, 11) is 0. The first-order valence-corrected chi connectivity index (χ1v) is 12.4. The van der Waals surface area contributed by atoms with Crippen LogP contribution in [0.5, 0.6) is 0 Å². The van der Waals surface area contributed by atoms with Gasteiger partial charge in [-0.3, -0.25) is 9.59 Å². The lowest BCUT2D eigenvalue weighted by atomic mass is 10.0. The van der Waals surface area contributed by atoms with Gasteiger partial charge < -0.3 is 15.0 Å². The maximum absolute atomic E-state index is 15.1. The molecule has 2 atom stereocenters. The SMILES string of the molecule is O=C(NCc1ccccc1)[C@@H](c1ccccc1F)N(C[C@@H]1CCCO1)C(=O)Cn1nnc2ccccc21. The number of hydrogen-bond acceptors (Lipinski definition) is 5. The van der Waals surface area contributed by atoms with Gasteiger partial charge in [-0.1, -0.05) is 65.9 Å². The second kappa shape index (κ2) is 11.3. The molecule has 5 rings (SSSR count). The molecule has 0 unspecified atom stereocenters. The first-order chi connectivity index (χ1) is 18.1. The maximum Gasteiger partial charge on any atom is 0.247 e. The van der Waals surface area contributed by atoms with Crippen LogP contribution in [0.1, 0.15) is 30.0 Å². The van der Waals surface area contributed by atoms with E-state index in [-0.39, 0.29) is 37.2 Å². The summed E-state index contributed by atoms with van der Waals surface area (Å²) >= 11 is 0. The third-order valence-corrected chi connectivity index (χ3v) is 6.52. The number of fused-ring (bicyclic) bond motifs is 1. The molecule has 1 aromatic heterocycles. The number of para-hydroxylation sites is 1. The van der Waals surface area contributed by atoms with Gasteiger partial charge in [0.15, 0.2) is 0 Å². The van der Waals surface area contributed by atoms with E-state index in [0.717, 1.165) is 18.4 Å². The van der Waals surface area contributed by atoms with Crippen molar-refractivity contribution in [2.45, 2.75) is 38.1 Å². The average Bonchev–Trinajstić information content (AvgIpc) is 3.59. The van der Waals surface area contributed by atoms with Crippen molar-refractivity contribution in [1.29, 1.82) is 0 Å². The van der Waals surface area contributed by atoms with E-state index >= 15 is 4.39 Å². The zero-order valence-corrected chi connectivity index (χ0v) is 20.3. The lowest BCUT2D eigenvalue weighted by Crippen LogP contribution is -2.48. The van der Waals surface area contributed by atoms with Gasteiger partial charge in [0, 0.05) is 25.3 Å². The number of benzene rings is 3. The number of nitrogens with one attached hydrogen (secondary N) is 1. The van der Waals surface area contributed by atoms with E-state index in [0.29, 0.717) is 17.6 Å². The number of carbonyl (C=O) groups excluding carboxylic acids is 2. The van der Waals surface area contributed by atoms with Crippen LogP contribution in [0.25, 0.3) is 11.0 Å². The molecule has 2 heterocycles. The predicted molar refractivity (Wildman–Crippen MR) is 136 cm³/mol. The van der Waals surface area contributed by atoms with Crippen LogP contribution in [0.2, 0.25) is 0 Å². The van der Waals surface area contributed by atoms with Gasteiger partial charge in [0.05, 0.1) is 11.6 Å². The molecule has 1 aliphatic heterocycles. The molecule has 1 N–H and O–H groups in total. The molecule has 0 aliphatic carbocycles. The summed E-state index contributed by atoms with van der Waals surface area (Å²) in [6, 6.07) is 21.6. The van der Waals surface area contributed by atoms with E-state index in [2.05, 4.69) is 15.6 Å². The molecule has 2 amide bonds. The van der Waals surface area contributed by atoms with Crippen molar-refractivity contribution >= 4 is 22.8 Å². The van der Waals surface area contributed by atoms with Gasteiger partial charge in [-0.25, -0.2) is 9.07 Å². The molecular formula is C28H28FN5O3. The number of rotatable bonds is 9. The van der Waals surface area contributed by atoms with Gasteiger partial charge in [-0.05, 0) is 36.6 Å². The Bertz CT molecular complexity index is 1370. The van der Waals surface area contributed by atoms with Crippen molar-refractivity contribution in [3.8, 4) is 0 Å². The lowest BCUT2D eigenvalue weighted by Gasteiger charge is -2.33. The van der Waals surface area contributed by atoms with Crippen LogP contribution >= 0.6 is 0 Å². The summed E-state index contributed by atoms with van der Waals surface area (Å²) in [6.07, 6.45) is 1.38. The van der Waals surface area contributed by atoms with E-state index in [1.165, 1.54) is 15.6 Å². The Morgan fingerprint density at radius 3 is 2.59 bits per heavy atom. The van der Waals surface area contributed by atoms with E-state index in [4.69, 9.17) is 4.74 Å². The maximum atomic E-state index is 15.1. The molecule has 4 aromatic rings. The van der Waals surface area contributed by atoms with Crippen LogP contribution in [0.15, 0.2) is 78.9 Å². The summed E-state index contributed by atoms with van der Waals surface area (Å²) in [5.41, 5.74) is 2.38. The fourth-order valence-electron chi connectivity index (χ4n) is 4.64. The highest BCUT2D eigenvalue weighted by molar-refractivity contribution is 5.89. The quantitative estimate of drug-likeness (QED) is 0.378. The Kier molecular flexibility index (Phi) is 7.51. The highest BCUT2D eigenvalue weighted by atomic mass is 19.1. The van der Waals surface area contributed by atoms with E-state index < -0.39 is 17.8 Å². The summed E-state index contributed by atoms with van der Waals surface area (Å²) in [6.45, 7) is 0.846. The summed E-state index contributed by atoms with van der Waals surface area (Å²) in [5, 5.41) is 11.2.